The van der Waals surface area contributed by atoms with Crippen LogP contribution in [-0.4, -0.2) is 50.4 Å². The zero-order valence-electron chi connectivity index (χ0n) is 26.5. The van der Waals surface area contributed by atoms with Gasteiger partial charge >= 0.3 is 0 Å². The van der Waals surface area contributed by atoms with Crippen LogP contribution < -0.4 is 14.4 Å². The fraction of sp³-hybridized carbons (Fsp3) is 0.278. The largest absolute Gasteiger partial charge is 0.494 e. The number of nitrogens with one attached hydrogen (secondary N) is 1. The smallest absolute Gasteiger partial charge is 0.264 e. The predicted octanol–water partition coefficient (Wildman–Crippen LogP) is 6.52. The second kappa shape index (κ2) is 15.9. The summed E-state index contributed by atoms with van der Waals surface area (Å²) < 4.78 is 35.8. The second-order valence-electron chi connectivity index (χ2n) is 11.3. The summed E-state index contributed by atoms with van der Waals surface area (Å²) in [6.07, 6.45) is 0.249. The number of hydrogen-bond acceptors (Lipinski definition) is 5. The van der Waals surface area contributed by atoms with E-state index in [0.717, 1.165) is 25.5 Å². The van der Waals surface area contributed by atoms with Crippen LogP contribution in [-0.2, 0) is 32.6 Å². The van der Waals surface area contributed by atoms with Crippen molar-refractivity contribution in [2.24, 2.45) is 0 Å². The number of ether oxygens (including phenoxy) is 1. The minimum atomic E-state index is -4.20. The molecular weight excluding hydrogens is 666 g/mol. The fourth-order valence-corrected chi connectivity index (χ4v) is 6.76. The fourth-order valence-electron chi connectivity index (χ4n) is 5.08. The summed E-state index contributed by atoms with van der Waals surface area (Å²) in [5.41, 5.74) is 3.00. The van der Waals surface area contributed by atoms with Crippen LogP contribution >= 0.6 is 15.9 Å². The number of rotatable bonds is 14. The average Bonchev–Trinajstić information content (AvgIpc) is 3.02. The molecule has 242 valence electrons. The Balaban J connectivity index is 1.80. The molecule has 4 aromatic carbocycles. The average molecular weight is 707 g/mol. The highest BCUT2D eigenvalue weighted by atomic mass is 79.9. The highest BCUT2D eigenvalue weighted by Crippen LogP contribution is 2.28. The Hall–Kier alpha value is -4.15. The zero-order valence-corrected chi connectivity index (χ0v) is 28.9. The lowest BCUT2D eigenvalue weighted by Gasteiger charge is -2.34. The molecule has 0 spiro atoms. The summed E-state index contributed by atoms with van der Waals surface area (Å²) in [7, 11) is -4.20. The van der Waals surface area contributed by atoms with Gasteiger partial charge in [0.1, 0.15) is 18.3 Å². The number of nitrogens with zero attached hydrogens (tertiary/aromatic N) is 2. The van der Waals surface area contributed by atoms with Crippen molar-refractivity contribution >= 4 is 43.5 Å². The lowest BCUT2D eigenvalue weighted by molar-refractivity contribution is -0.140. The lowest BCUT2D eigenvalue weighted by Crippen LogP contribution is -2.54. The summed E-state index contributed by atoms with van der Waals surface area (Å²) >= 11 is 3.37. The van der Waals surface area contributed by atoms with Gasteiger partial charge in [0.2, 0.25) is 11.8 Å². The molecule has 0 aromatic heterocycles. The highest BCUT2D eigenvalue weighted by molar-refractivity contribution is 9.10. The Labute approximate surface area is 280 Å². The molecule has 0 aliphatic heterocycles. The number of aryl methyl sites for hydroxylation is 1. The summed E-state index contributed by atoms with van der Waals surface area (Å²) in [4.78, 5) is 29.9. The van der Waals surface area contributed by atoms with Crippen LogP contribution in [0.5, 0.6) is 5.75 Å². The number of amides is 2. The topological polar surface area (TPSA) is 96.0 Å². The Morgan fingerprint density at radius 1 is 0.870 bits per heavy atom. The van der Waals surface area contributed by atoms with Crippen molar-refractivity contribution < 1.29 is 22.7 Å². The van der Waals surface area contributed by atoms with Crippen molar-refractivity contribution in [3.8, 4) is 5.75 Å². The van der Waals surface area contributed by atoms with Crippen LogP contribution in [0, 0.1) is 6.92 Å². The van der Waals surface area contributed by atoms with Crippen LogP contribution in [0.1, 0.15) is 37.5 Å². The Morgan fingerprint density at radius 2 is 1.52 bits per heavy atom. The van der Waals surface area contributed by atoms with E-state index in [1.807, 2.05) is 82.3 Å². The first-order valence-electron chi connectivity index (χ1n) is 15.2. The molecule has 10 heteroatoms. The maximum atomic E-state index is 14.5. The van der Waals surface area contributed by atoms with Gasteiger partial charge < -0.3 is 15.0 Å². The maximum absolute atomic E-state index is 14.5. The van der Waals surface area contributed by atoms with E-state index in [0.29, 0.717) is 18.0 Å². The van der Waals surface area contributed by atoms with Gasteiger partial charge in [-0.3, -0.25) is 13.9 Å². The van der Waals surface area contributed by atoms with E-state index in [9.17, 15) is 18.0 Å². The van der Waals surface area contributed by atoms with Gasteiger partial charge in [-0.1, -0.05) is 76.1 Å². The molecule has 0 fully saturated rings. The molecule has 0 aliphatic carbocycles. The third kappa shape index (κ3) is 9.20. The number of halogens is 1. The molecule has 1 atom stereocenters. The Morgan fingerprint density at radius 3 is 2.13 bits per heavy atom. The molecule has 1 N–H and O–H groups in total. The van der Waals surface area contributed by atoms with Crippen molar-refractivity contribution in [1.82, 2.24) is 10.2 Å². The first-order valence-corrected chi connectivity index (χ1v) is 17.4. The van der Waals surface area contributed by atoms with E-state index in [1.165, 1.54) is 17.0 Å². The molecule has 0 saturated heterocycles. The van der Waals surface area contributed by atoms with Gasteiger partial charge in [0.05, 0.1) is 17.2 Å². The van der Waals surface area contributed by atoms with E-state index in [1.54, 1.807) is 36.4 Å². The molecule has 0 unspecified atom stereocenters. The monoisotopic (exact) mass is 705 g/mol. The minimum Gasteiger partial charge on any atom is -0.494 e. The normalized spacial score (nSPS) is 12.0. The second-order valence-corrected chi connectivity index (χ2v) is 14.1. The molecule has 2 amide bonds. The standard InChI is InChI=1S/C36H40BrN3O5S/c1-5-45-32-18-16-31(17-19-32)40(46(43,44)33-20-14-30(37)15-21-33)25-35(41)39(24-29-13-9-10-27(4)22-29)34(36(42)38-26(2)3)23-28-11-7-6-8-12-28/h6-22,26,34H,5,23-25H2,1-4H3,(H,38,42)/t34-/m1/s1. The third-order valence-corrected chi connectivity index (χ3v) is 9.57. The van der Waals surface area contributed by atoms with E-state index >= 15 is 0 Å². The number of anilines is 1. The van der Waals surface area contributed by atoms with Gasteiger partial charge in [0, 0.05) is 23.5 Å². The lowest BCUT2D eigenvalue weighted by atomic mass is 10.0. The molecule has 4 rings (SSSR count). The predicted molar refractivity (Wildman–Crippen MR) is 185 cm³/mol. The number of carbonyl (C=O) groups is 2. The zero-order chi connectivity index (χ0) is 33.3. The van der Waals surface area contributed by atoms with Crippen LogP contribution in [0.15, 0.2) is 112 Å². The van der Waals surface area contributed by atoms with Crippen molar-refractivity contribution in [2.45, 2.75) is 57.6 Å². The van der Waals surface area contributed by atoms with E-state index in [4.69, 9.17) is 4.74 Å². The highest BCUT2D eigenvalue weighted by Gasteiger charge is 2.35. The summed E-state index contributed by atoms with van der Waals surface area (Å²) in [5.74, 6) is -0.257. The van der Waals surface area contributed by atoms with Crippen LogP contribution in [0.2, 0.25) is 0 Å². The number of carbonyl (C=O) groups excluding carboxylic acids is 2. The summed E-state index contributed by atoms with van der Waals surface area (Å²) in [6, 6.07) is 29.0. The van der Waals surface area contributed by atoms with Crippen LogP contribution in [0.3, 0.4) is 0 Å². The van der Waals surface area contributed by atoms with Gasteiger partial charge in [-0.25, -0.2) is 8.42 Å². The Bertz CT molecular complexity index is 1710. The first kappa shape index (κ1) is 34.7. The molecule has 0 aliphatic rings. The first-order chi connectivity index (χ1) is 22.0. The molecular formula is C36H40BrN3O5S. The molecule has 0 radical (unpaired) electrons. The summed E-state index contributed by atoms with van der Waals surface area (Å²) in [6.45, 7) is 7.58. The third-order valence-electron chi connectivity index (χ3n) is 7.25. The summed E-state index contributed by atoms with van der Waals surface area (Å²) in [5, 5.41) is 2.98. The van der Waals surface area contributed by atoms with Gasteiger partial charge in [-0.2, -0.15) is 0 Å². The van der Waals surface area contributed by atoms with Gasteiger partial charge in [0.25, 0.3) is 10.0 Å². The van der Waals surface area contributed by atoms with Crippen molar-refractivity contribution in [2.75, 3.05) is 17.5 Å². The van der Waals surface area contributed by atoms with Gasteiger partial charge in [-0.15, -0.1) is 0 Å². The molecule has 8 nitrogen and oxygen atoms in total. The number of sulfonamides is 1. The molecule has 0 heterocycles. The minimum absolute atomic E-state index is 0.0287. The molecule has 0 bridgehead atoms. The van der Waals surface area contributed by atoms with E-state index in [-0.39, 0.29) is 29.8 Å². The number of hydrogen-bond donors (Lipinski definition) is 1. The molecule has 4 aromatic rings. The Kier molecular flexibility index (Phi) is 12.0. The van der Waals surface area contributed by atoms with E-state index in [2.05, 4.69) is 21.2 Å². The maximum Gasteiger partial charge on any atom is 0.264 e. The van der Waals surface area contributed by atoms with Crippen molar-refractivity contribution in [1.29, 1.82) is 0 Å². The number of benzene rings is 4. The van der Waals surface area contributed by atoms with Crippen molar-refractivity contribution in [3.63, 3.8) is 0 Å². The van der Waals surface area contributed by atoms with E-state index < -0.39 is 28.5 Å². The molecule has 46 heavy (non-hydrogen) atoms. The quantitative estimate of drug-likeness (QED) is 0.161. The van der Waals surface area contributed by atoms with Gasteiger partial charge in [-0.05, 0) is 87.4 Å². The molecule has 0 saturated carbocycles. The van der Waals surface area contributed by atoms with Crippen LogP contribution in [0.25, 0.3) is 0 Å². The SMILES string of the molecule is CCOc1ccc(N(CC(=O)N(Cc2cccc(C)c2)[C@H](Cc2ccccc2)C(=O)NC(C)C)S(=O)(=O)c2ccc(Br)cc2)cc1. The van der Waals surface area contributed by atoms with Gasteiger partial charge in [0.15, 0.2) is 0 Å². The van der Waals surface area contributed by atoms with Crippen molar-refractivity contribution in [3.05, 3.63) is 124 Å². The van der Waals surface area contributed by atoms with Crippen LogP contribution in [0.4, 0.5) is 5.69 Å².